The largest absolute Gasteiger partial charge is 0.449 e. The monoisotopic (exact) mass is 460 g/mol. The second kappa shape index (κ2) is 9.56. The molecular formula is C22H18F2N2O5S. The molecular weight excluding hydrogens is 442 g/mol. The molecule has 3 aromatic carbocycles. The van der Waals surface area contributed by atoms with Crippen LogP contribution in [0.15, 0.2) is 77.7 Å². The molecule has 0 heterocycles. The van der Waals surface area contributed by atoms with E-state index in [0.29, 0.717) is 0 Å². The van der Waals surface area contributed by atoms with Crippen molar-refractivity contribution in [2.45, 2.75) is 17.9 Å². The maximum Gasteiger partial charge on any atom is 0.338 e. The molecule has 1 amide bonds. The van der Waals surface area contributed by atoms with E-state index in [2.05, 4.69) is 10.0 Å². The SMILES string of the molecule is CC(OC(=O)c1cccc(NS(=O)(=O)c2ccccc2)c1)C(=O)Nc1cc(F)ccc1F. The molecule has 166 valence electrons. The van der Waals surface area contributed by atoms with Crippen molar-refractivity contribution in [2.24, 2.45) is 0 Å². The van der Waals surface area contributed by atoms with Gasteiger partial charge in [0, 0.05) is 11.8 Å². The number of rotatable bonds is 7. The van der Waals surface area contributed by atoms with E-state index in [1.54, 1.807) is 18.2 Å². The minimum atomic E-state index is -3.87. The molecule has 0 saturated carbocycles. The molecule has 0 saturated heterocycles. The summed E-state index contributed by atoms with van der Waals surface area (Å²) >= 11 is 0. The Balaban J connectivity index is 1.67. The normalized spacial score (nSPS) is 12.0. The van der Waals surface area contributed by atoms with Gasteiger partial charge in [0.15, 0.2) is 6.10 Å². The maximum atomic E-state index is 13.7. The van der Waals surface area contributed by atoms with Crippen molar-refractivity contribution in [3.8, 4) is 0 Å². The maximum absolute atomic E-state index is 13.7. The first kappa shape index (κ1) is 22.9. The highest BCUT2D eigenvalue weighted by Crippen LogP contribution is 2.19. The van der Waals surface area contributed by atoms with Crippen LogP contribution in [0.5, 0.6) is 0 Å². The number of nitrogens with one attached hydrogen (secondary N) is 2. The molecule has 7 nitrogen and oxygen atoms in total. The van der Waals surface area contributed by atoms with Gasteiger partial charge in [-0.05, 0) is 49.4 Å². The summed E-state index contributed by atoms with van der Waals surface area (Å²) in [4.78, 5) is 24.6. The highest BCUT2D eigenvalue weighted by atomic mass is 32.2. The Morgan fingerprint density at radius 3 is 2.38 bits per heavy atom. The molecule has 2 N–H and O–H groups in total. The Bertz CT molecular complexity index is 1250. The van der Waals surface area contributed by atoms with Gasteiger partial charge in [0.05, 0.1) is 16.1 Å². The first-order valence-corrected chi connectivity index (χ1v) is 10.8. The lowest BCUT2D eigenvalue weighted by molar-refractivity contribution is -0.123. The third-order valence-electron chi connectivity index (χ3n) is 4.24. The van der Waals surface area contributed by atoms with Gasteiger partial charge in [0.25, 0.3) is 15.9 Å². The van der Waals surface area contributed by atoms with Crippen molar-refractivity contribution in [1.82, 2.24) is 0 Å². The number of esters is 1. The van der Waals surface area contributed by atoms with Gasteiger partial charge < -0.3 is 10.1 Å². The minimum Gasteiger partial charge on any atom is -0.449 e. The average Bonchev–Trinajstić information content (AvgIpc) is 2.76. The molecule has 10 heteroatoms. The third kappa shape index (κ3) is 5.67. The fraction of sp³-hybridized carbons (Fsp3) is 0.0909. The van der Waals surface area contributed by atoms with Gasteiger partial charge in [0.1, 0.15) is 11.6 Å². The van der Waals surface area contributed by atoms with E-state index in [9.17, 15) is 26.8 Å². The second-order valence-electron chi connectivity index (χ2n) is 6.66. The van der Waals surface area contributed by atoms with E-state index < -0.39 is 45.3 Å². The van der Waals surface area contributed by atoms with Crippen molar-refractivity contribution < 1.29 is 31.5 Å². The molecule has 0 aliphatic carbocycles. The van der Waals surface area contributed by atoms with Crippen LogP contribution in [0.2, 0.25) is 0 Å². The summed E-state index contributed by atoms with van der Waals surface area (Å²) in [7, 11) is -3.87. The zero-order chi connectivity index (χ0) is 23.3. The molecule has 1 atom stereocenters. The van der Waals surface area contributed by atoms with Gasteiger partial charge in [-0.1, -0.05) is 24.3 Å². The van der Waals surface area contributed by atoms with Gasteiger partial charge in [-0.25, -0.2) is 22.0 Å². The van der Waals surface area contributed by atoms with Crippen LogP contribution in [-0.2, 0) is 19.6 Å². The molecule has 0 aromatic heterocycles. The van der Waals surface area contributed by atoms with Crippen molar-refractivity contribution >= 4 is 33.3 Å². The first-order chi connectivity index (χ1) is 15.2. The van der Waals surface area contributed by atoms with Crippen LogP contribution in [-0.4, -0.2) is 26.4 Å². The van der Waals surface area contributed by atoms with Crippen LogP contribution in [0.25, 0.3) is 0 Å². The van der Waals surface area contributed by atoms with Gasteiger partial charge in [0.2, 0.25) is 0 Å². The number of carbonyl (C=O) groups excluding carboxylic acids is 2. The lowest BCUT2D eigenvalue weighted by Crippen LogP contribution is -2.30. The topological polar surface area (TPSA) is 102 Å². The summed E-state index contributed by atoms with van der Waals surface area (Å²) in [5.74, 6) is -3.38. The van der Waals surface area contributed by atoms with Crippen LogP contribution in [0.3, 0.4) is 0 Å². The van der Waals surface area contributed by atoms with Crippen LogP contribution in [0, 0.1) is 11.6 Å². The Kier molecular flexibility index (Phi) is 6.84. The van der Waals surface area contributed by atoms with Gasteiger partial charge >= 0.3 is 5.97 Å². The van der Waals surface area contributed by atoms with E-state index in [0.717, 1.165) is 18.2 Å². The van der Waals surface area contributed by atoms with Gasteiger partial charge in [-0.15, -0.1) is 0 Å². The molecule has 0 fully saturated rings. The summed E-state index contributed by atoms with van der Waals surface area (Å²) in [6.07, 6.45) is -1.34. The summed E-state index contributed by atoms with van der Waals surface area (Å²) in [6.45, 7) is 1.26. The molecule has 0 aliphatic heterocycles. The fourth-order valence-corrected chi connectivity index (χ4v) is 3.70. The molecule has 3 aromatic rings. The van der Waals surface area contributed by atoms with Gasteiger partial charge in [-0.2, -0.15) is 0 Å². The van der Waals surface area contributed by atoms with E-state index in [1.807, 2.05) is 0 Å². The lowest BCUT2D eigenvalue weighted by Gasteiger charge is -2.14. The number of anilines is 2. The molecule has 0 spiro atoms. The molecule has 0 bridgehead atoms. The van der Waals surface area contributed by atoms with E-state index in [1.165, 1.54) is 43.3 Å². The molecule has 0 aliphatic rings. The minimum absolute atomic E-state index is 0.0187. The van der Waals surface area contributed by atoms with Crippen molar-refractivity contribution in [3.05, 3.63) is 90.0 Å². The standard InChI is InChI=1S/C22H18F2N2O5S/c1-14(21(27)25-20-13-16(23)10-11-19(20)24)31-22(28)15-6-5-7-17(12-15)26-32(29,30)18-8-3-2-4-9-18/h2-14,26H,1H3,(H,25,27). The summed E-state index contributed by atoms with van der Waals surface area (Å²) in [5.41, 5.74) is -0.299. The van der Waals surface area contributed by atoms with Crippen molar-refractivity contribution in [1.29, 1.82) is 0 Å². The van der Waals surface area contributed by atoms with E-state index in [4.69, 9.17) is 4.74 Å². The Labute approximate surface area is 183 Å². The predicted molar refractivity (Wildman–Crippen MR) is 114 cm³/mol. The zero-order valence-corrected chi connectivity index (χ0v) is 17.5. The predicted octanol–water partition coefficient (Wildman–Crippen LogP) is 3.95. The number of carbonyl (C=O) groups is 2. The van der Waals surface area contributed by atoms with Crippen LogP contribution in [0.1, 0.15) is 17.3 Å². The smallest absolute Gasteiger partial charge is 0.338 e. The highest BCUT2D eigenvalue weighted by molar-refractivity contribution is 7.92. The number of sulfonamides is 1. The average molecular weight is 460 g/mol. The number of benzene rings is 3. The van der Waals surface area contributed by atoms with E-state index in [-0.39, 0.29) is 16.1 Å². The number of ether oxygens (including phenoxy) is 1. The number of amides is 1. The third-order valence-corrected chi connectivity index (χ3v) is 5.64. The number of hydrogen-bond acceptors (Lipinski definition) is 5. The summed E-state index contributed by atoms with van der Waals surface area (Å²) < 4.78 is 59.2. The molecule has 32 heavy (non-hydrogen) atoms. The Morgan fingerprint density at radius 1 is 0.938 bits per heavy atom. The Hall–Kier alpha value is -3.79. The van der Waals surface area contributed by atoms with Crippen LogP contribution in [0.4, 0.5) is 20.2 Å². The molecule has 3 rings (SSSR count). The fourth-order valence-electron chi connectivity index (χ4n) is 2.63. The number of hydrogen-bond donors (Lipinski definition) is 2. The first-order valence-electron chi connectivity index (χ1n) is 9.30. The lowest BCUT2D eigenvalue weighted by atomic mass is 10.2. The van der Waals surface area contributed by atoms with Crippen LogP contribution < -0.4 is 10.0 Å². The quantitative estimate of drug-likeness (QED) is 0.520. The van der Waals surface area contributed by atoms with Crippen molar-refractivity contribution in [2.75, 3.05) is 10.0 Å². The second-order valence-corrected chi connectivity index (χ2v) is 8.34. The summed E-state index contributed by atoms with van der Waals surface area (Å²) in [5, 5.41) is 2.15. The highest BCUT2D eigenvalue weighted by Gasteiger charge is 2.21. The van der Waals surface area contributed by atoms with Crippen molar-refractivity contribution in [3.63, 3.8) is 0 Å². The van der Waals surface area contributed by atoms with Crippen LogP contribution >= 0.6 is 0 Å². The van der Waals surface area contributed by atoms with Gasteiger partial charge in [-0.3, -0.25) is 9.52 Å². The molecule has 0 radical (unpaired) electrons. The zero-order valence-electron chi connectivity index (χ0n) is 16.7. The van der Waals surface area contributed by atoms with E-state index >= 15 is 0 Å². The number of halogens is 2. The molecule has 1 unspecified atom stereocenters. The summed E-state index contributed by atoms with van der Waals surface area (Å²) in [6, 6.07) is 15.7. The Morgan fingerprint density at radius 2 is 1.66 bits per heavy atom.